The van der Waals surface area contributed by atoms with E-state index >= 15 is 0 Å². The van der Waals surface area contributed by atoms with E-state index in [1.54, 1.807) is 18.2 Å². The van der Waals surface area contributed by atoms with Crippen LogP contribution in [0.1, 0.15) is 41.9 Å². The summed E-state index contributed by atoms with van der Waals surface area (Å²) in [4.78, 5) is 14.7. The van der Waals surface area contributed by atoms with E-state index in [0.717, 1.165) is 24.1 Å². The molecular weight excluding hydrogens is 401 g/mol. The van der Waals surface area contributed by atoms with Gasteiger partial charge in [-0.3, -0.25) is 9.69 Å². The lowest BCUT2D eigenvalue weighted by atomic mass is 9.60. The Morgan fingerprint density at radius 2 is 1.83 bits per heavy atom. The van der Waals surface area contributed by atoms with Crippen LogP contribution in [0.4, 0.5) is 18.9 Å². The fraction of sp³-hybridized carbons (Fsp3) is 0.286. The summed E-state index contributed by atoms with van der Waals surface area (Å²) in [5.41, 5.74) is -1.62. The smallest absolute Gasteiger partial charge is 0.417 e. The lowest BCUT2D eigenvalue weighted by molar-refractivity contribution is -0.138. The van der Waals surface area contributed by atoms with E-state index < -0.39 is 28.6 Å². The first kappa shape index (κ1) is 19.4. The van der Waals surface area contributed by atoms with Crippen molar-refractivity contribution >= 4 is 28.8 Å². The van der Waals surface area contributed by atoms with Gasteiger partial charge in [-0.1, -0.05) is 30.8 Å². The van der Waals surface area contributed by atoms with Crippen molar-refractivity contribution in [1.29, 1.82) is 5.26 Å². The number of aromatic hydroxyl groups is 1. The van der Waals surface area contributed by atoms with Crippen molar-refractivity contribution in [3.63, 3.8) is 0 Å². The van der Waals surface area contributed by atoms with Crippen molar-refractivity contribution in [3.8, 4) is 11.8 Å². The maximum absolute atomic E-state index is 13.4. The molecule has 0 bridgehead atoms. The molecule has 0 radical (unpaired) electrons. The summed E-state index contributed by atoms with van der Waals surface area (Å²) in [5.74, 6) is -0.695. The Balaban J connectivity index is 1.82. The lowest BCUT2D eigenvalue weighted by Gasteiger charge is -2.40. The number of carbonyl (C=O) groups excluding carboxylic acids is 1. The van der Waals surface area contributed by atoms with Gasteiger partial charge >= 0.3 is 6.18 Å². The molecule has 2 fully saturated rings. The summed E-state index contributed by atoms with van der Waals surface area (Å²) < 4.78 is 40.2. The van der Waals surface area contributed by atoms with Gasteiger partial charge in [0, 0.05) is 5.92 Å². The maximum Gasteiger partial charge on any atom is 0.417 e. The zero-order chi connectivity index (χ0) is 21.0. The first-order valence-corrected chi connectivity index (χ1v) is 9.38. The predicted octanol–water partition coefficient (Wildman–Crippen LogP) is 4.91. The molecule has 8 heteroatoms. The molecule has 1 atom stereocenters. The normalized spacial score (nSPS) is 20.6. The topological polar surface area (TPSA) is 64.3 Å². The number of rotatable bonds is 2. The SMILES string of the molecule is N#Cc1ccc(N2C(=O)C3(CCC3)C(c3ccc(O)cc3)C2=S)cc1C(F)(F)F. The molecule has 4 rings (SSSR count). The second-order valence-electron chi connectivity index (χ2n) is 7.35. The molecule has 1 aliphatic carbocycles. The Morgan fingerprint density at radius 3 is 2.34 bits per heavy atom. The second-order valence-corrected chi connectivity index (χ2v) is 7.77. The molecule has 1 amide bonds. The molecule has 0 aromatic heterocycles. The van der Waals surface area contributed by atoms with Crippen LogP contribution in [-0.4, -0.2) is 16.0 Å². The van der Waals surface area contributed by atoms with E-state index in [9.17, 15) is 23.1 Å². The number of amides is 1. The molecule has 1 aliphatic heterocycles. The van der Waals surface area contributed by atoms with Gasteiger partial charge in [-0.15, -0.1) is 0 Å². The highest BCUT2D eigenvalue weighted by Crippen LogP contribution is 2.58. The summed E-state index contributed by atoms with van der Waals surface area (Å²) in [7, 11) is 0. The molecule has 29 heavy (non-hydrogen) atoms. The largest absolute Gasteiger partial charge is 0.508 e. The lowest BCUT2D eigenvalue weighted by Crippen LogP contribution is -2.41. The van der Waals surface area contributed by atoms with Gasteiger partial charge in [0.05, 0.1) is 33.3 Å². The molecule has 1 saturated heterocycles. The summed E-state index contributed by atoms with van der Waals surface area (Å²) in [6.45, 7) is 0. The number of alkyl halides is 3. The van der Waals surface area contributed by atoms with Gasteiger partial charge in [0.1, 0.15) is 5.75 Å². The third-order valence-electron chi connectivity index (χ3n) is 5.81. The fourth-order valence-corrected chi connectivity index (χ4v) is 4.80. The van der Waals surface area contributed by atoms with Crippen LogP contribution >= 0.6 is 12.2 Å². The number of anilines is 1. The summed E-state index contributed by atoms with van der Waals surface area (Å²) in [5, 5.41) is 18.6. The second kappa shape index (κ2) is 6.56. The number of thiocarbonyl (C=S) groups is 1. The number of hydrogen-bond acceptors (Lipinski definition) is 4. The highest BCUT2D eigenvalue weighted by atomic mass is 32.1. The first-order chi connectivity index (χ1) is 13.7. The average molecular weight is 416 g/mol. The number of halogens is 3. The number of phenolic OH excluding ortho intramolecular Hbond substituents is 1. The Labute approximate surface area is 170 Å². The highest BCUT2D eigenvalue weighted by molar-refractivity contribution is 7.80. The molecule has 148 valence electrons. The van der Waals surface area contributed by atoms with Crippen LogP contribution in [0.25, 0.3) is 0 Å². The number of benzene rings is 2. The Morgan fingerprint density at radius 1 is 1.17 bits per heavy atom. The van der Waals surface area contributed by atoms with Crippen LogP contribution < -0.4 is 4.90 Å². The van der Waals surface area contributed by atoms with E-state index in [-0.39, 0.29) is 22.3 Å². The number of phenols is 1. The van der Waals surface area contributed by atoms with Crippen molar-refractivity contribution in [3.05, 3.63) is 59.2 Å². The number of hydrogen-bond donors (Lipinski definition) is 1. The van der Waals surface area contributed by atoms with Gasteiger partial charge < -0.3 is 5.11 Å². The molecule has 2 aromatic carbocycles. The minimum atomic E-state index is -4.73. The van der Waals surface area contributed by atoms with E-state index in [1.165, 1.54) is 23.1 Å². The standard InChI is InChI=1S/C21H15F3N2O2S/c22-21(23,24)16-10-14(5-2-13(16)11-25)26-18(29)17(12-3-6-15(27)7-4-12)20(19(26)28)8-1-9-20/h2-7,10,17,27H,1,8-9H2. The molecular formula is C21H15F3N2O2S. The first-order valence-electron chi connectivity index (χ1n) is 8.98. The van der Waals surface area contributed by atoms with Gasteiger partial charge in [-0.05, 0) is 48.7 Å². The van der Waals surface area contributed by atoms with E-state index in [0.29, 0.717) is 12.8 Å². The van der Waals surface area contributed by atoms with Crippen LogP contribution in [0, 0.1) is 16.7 Å². The maximum atomic E-state index is 13.4. The third kappa shape index (κ3) is 2.88. The van der Waals surface area contributed by atoms with E-state index in [2.05, 4.69) is 0 Å². The Hall–Kier alpha value is -2.92. The molecule has 1 unspecified atom stereocenters. The van der Waals surface area contributed by atoms with E-state index in [4.69, 9.17) is 17.5 Å². The number of nitrogens with zero attached hydrogens (tertiary/aromatic N) is 2. The third-order valence-corrected chi connectivity index (χ3v) is 6.23. The van der Waals surface area contributed by atoms with Crippen LogP contribution in [0.2, 0.25) is 0 Å². The Bertz CT molecular complexity index is 1050. The quantitative estimate of drug-likeness (QED) is 0.707. The minimum absolute atomic E-state index is 0.0129. The zero-order valence-corrected chi connectivity index (χ0v) is 15.8. The molecule has 1 spiro atoms. The molecule has 1 heterocycles. The van der Waals surface area contributed by atoms with Gasteiger partial charge in [-0.25, -0.2) is 0 Å². The summed E-state index contributed by atoms with van der Waals surface area (Å²) in [6, 6.07) is 11.1. The van der Waals surface area contributed by atoms with Gasteiger partial charge in [0.25, 0.3) is 0 Å². The summed E-state index contributed by atoms with van der Waals surface area (Å²) in [6.07, 6.45) is -2.71. The molecule has 2 aliphatic rings. The minimum Gasteiger partial charge on any atom is -0.508 e. The van der Waals surface area contributed by atoms with Crippen LogP contribution in [-0.2, 0) is 11.0 Å². The molecule has 2 aromatic rings. The molecule has 1 N–H and O–H groups in total. The Kier molecular flexibility index (Phi) is 4.39. The highest BCUT2D eigenvalue weighted by Gasteiger charge is 2.60. The van der Waals surface area contributed by atoms with Crippen molar-refractivity contribution in [2.24, 2.45) is 5.41 Å². The summed E-state index contributed by atoms with van der Waals surface area (Å²) >= 11 is 5.58. The molecule has 4 nitrogen and oxygen atoms in total. The van der Waals surface area contributed by atoms with Crippen LogP contribution in [0.5, 0.6) is 5.75 Å². The van der Waals surface area contributed by atoms with Gasteiger partial charge in [0.2, 0.25) is 5.91 Å². The fourth-order valence-electron chi connectivity index (χ4n) is 4.25. The van der Waals surface area contributed by atoms with Gasteiger partial charge in [-0.2, -0.15) is 18.4 Å². The van der Waals surface area contributed by atoms with Crippen LogP contribution in [0.3, 0.4) is 0 Å². The average Bonchev–Trinajstić information content (AvgIpc) is 2.88. The van der Waals surface area contributed by atoms with E-state index in [1.807, 2.05) is 0 Å². The van der Waals surface area contributed by atoms with Crippen molar-refractivity contribution in [2.75, 3.05) is 4.90 Å². The zero-order valence-electron chi connectivity index (χ0n) is 15.0. The predicted molar refractivity (Wildman–Crippen MR) is 103 cm³/mol. The van der Waals surface area contributed by atoms with Crippen molar-refractivity contribution in [1.82, 2.24) is 0 Å². The van der Waals surface area contributed by atoms with Crippen LogP contribution in [0.15, 0.2) is 42.5 Å². The number of nitriles is 1. The van der Waals surface area contributed by atoms with Crippen molar-refractivity contribution < 1.29 is 23.1 Å². The van der Waals surface area contributed by atoms with Crippen molar-refractivity contribution in [2.45, 2.75) is 31.4 Å². The number of carbonyl (C=O) groups is 1. The molecule has 1 saturated carbocycles. The van der Waals surface area contributed by atoms with Gasteiger partial charge in [0.15, 0.2) is 0 Å². The monoisotopic (exact) mass is 416 g/mol.